The molecule has 168 valence electrons. The summed E-state index contributed by atoms with van der Waals surface area (Å²) in [5.41, 5.74) is 0. The number of rotatable bonds is 21. The largest absolute Gasteiger partial charge is 0.382 e. The number of nitrogens with zero attached hydrogens (tertiary/aromatic N) is 1. The summed E-state index contributed by atoms with van der Waals surface area (Å²) >= 11 is 0. The monoisotopic (exact) mass is 408 g/mol. The Kier molecular flexibility index (Phi) is 19.6. The van der Waals surface area contributed by atoms with Crippen LogP contribution in [0.2, 0.25) is 0 Å². The maximum absolute atomic E-state index is 5.59. The van der Waals surface area contributed by atoms with Gasteiger partial charge >= 0.3 is 0 Å². The topological polar surface area (TPSA) is 79.9 Å². The van der Waals surface area contributed by atoms with Crippen LogP contribution in [-0.4, -0.2) is 131 Å². The lowest BCUT2D eigenvalue weighted by molar-refractivity contribution is -0.0197. The lowest BCUT2D eigenvalue weighted by Crippen LogP contribution is -2.44. The van der Waals surface area contributed by atoms with Crippen LogP contribution in [0.3, 0.4) is 0 Å². The van der Waals surface area contributed by atoms with E-state index >= 15 is 0 Å². The quantitative estimate of drug-likeness (QED) is 0.256. The van der Waals surface area contributed by atoms with Gasteiger partial charge in [-0.15, -0.1) is 0 Å². The smallest absolute Gasteiger partial charge is 0.0701 e. The van der Waals surface area contributed by atoms with Crippen molar-refractivity contribution in [2.45, 2.75) is 0 Å². The average Bonchev–Trinajstić information content (AvgIpc) is 2.73. The van der Waals surface area contributed by atoms with Crippen LogP contribution >= 0.6 is 0 Å². The highest BCUT2D eigenvalue weighted by atomic mass is 16.6. The number of ether oxygens (including phenoxy) is 7. The Balaban J connectivity index is 1.64. The van der Waals surface area contributed by atoms with E-state index in [0.29, 0.717) is 79.3 Å². The molecule has 1 aliphatic rings. The molecule has 1 heterocycles. The minimum Gasteiger partial charge on any atom is -0.382 e. The van der Waals surface area contributed by atoms with E-state index in [4.69, 9.17) is 33.2 Å². The normalized spacial score (nSPS) is 15.3. The van der Waals surface area contributed by atoms with Gasteiger partial charge in [-0.05, 0) is 0 Å². The minimum atomic E-state index is 0.558. The highest BCUT2D eigenvalue weighted by Gasteiger charge is 2.08. The van der Waals surface area contributed by atoms with Gasteiger partial charge in [-0.2, -0.15) is 0 Å². The highest BCUT2D eigenvalue weighted by Crippen LogP contribution is 1.91. The van der Waals surface area contributed by atoms with Crippen LogP contribution in [0.15, 0.2) is 0 Å². The molecule has 0 radical (unpaired) electrons. The van der Waals surface area contributed by atoms with Crippen molar-refractivity contribution in [3.05, 3.63) is 0 Å². The molecule has 0 aromatic rings. The molecule has 1 N–H and O–H groups in total. The molecular weight excluding hydrogens is 368 g/mol. The molecule has 0 aromatic carbocycles. The first-order valence-corrected chi connectivity index (χ1v) is 10.3. The van der Waals surface area contributed by atoms with Crippen LogP contribution in [-0.2, 0) is 33.2 Å². The molecule has 0 atom stereocenters. The Morgan fingerprint density at radius 2 is 0.893 bits per heavy atom. The molecule has 1 rings (SSSR count). The van der Waals surface area contributed by atoms with Crippen LogP contribution in [0, 0.1) is 0 Å². The van der Waals surface area contributed by atoms with E-state index in [1.54, 1.807) is 7.11 Å². The Hall–Kier alpha value is -0.360. The van der Waals surface area contributed by atoms with Crippen LogP contribution in [0.25, 0.3) is 0 Å². The zero-order valence-electron chi connectivity index (χ0n) is 17.5. The Bertz CT molecular complexity index is 308. The van der Waals surface area contributed by atoms with Crippen molar-refractivity contribution in [2.24, 2.45) is 0 Å². The summed E-state index contributed by atoms with van der Waals surface area (Å²) in [5.74, 6) is 0. The Morgan fingerprint density at radius 3 is 1.29 bits per heavy atom. The number of piperazine rings is 1. The van der Waals surface area contributed by atoms with E-state index in [2.05, 4.69) is 10.2 Å². The zero-order chi connectivity index (χ0) is 20.0. The van der Waals surface area contributed by atoms with Crippen molar-refractivity contribution in [1.82, 2.24) is 10.2 Å². The van der Waals surface area contributed by atoms with Crippen molar-refractivity contribution >= 4 is 0 Å². The molecule has 1 aliphatic heterocycles. The molecule has 0 bridgehead atoms. The molecular formula is C19H40N2O7. The lowest BCUT2D eigenvalue weighted by atomic mass is 10.4. The van der Waals surface area contributed by atoms with Crippen LogP contribution < -0.4 is 5.32 Å². The summed E-state index contributed by atoms with van der Waals surface area (Å²) in [6, 6.07) is 0. The Labute approximate surface area is 169 Å². The predicted octanol–water partition coefficient (Wildman–Crippen LogP) is -0.362. The third kappa shape index (κ3) is 17.7. The number of nitrogens with one attached hydrogen (secondary N) is 1. The lowest BCUT2D eigenvalue weighted by Gasteiger charge is -2.26. The molecule has 0 aromatic heterocycles. The van der Waals surface area contributed by atoms with Gasteiger partial charge in [-0.3, -0.25) is 4.90 Å². The third-order valence-electron chi connectivity index (χ3n) is 4.05. The summed E-state index contributed by atoms with van der Waals surface area (Å²) in [6.45, 7) is 13.1. The van der Waals surface area contributed by atoms with Crippen molar-refractivity contribution in [2.75, 3.05) is 126 Å². The van der Waals surface area contributed by atoms with Gasteiger partial charge in [-0.25, -0.2) is 0 Å². The van der Waals surface area contributed by atoms with Crippen LogP contribution in [0.5, 0.6) is 0 Å². The molecule has 0 spiro atoms. The van der Waals surface area contributed by atoms with Gasteiger partial charge in [0.15, 0.2) is 0 Å². The van der Waals surface area contributed by atoms with Gasteiger partial charge in [-0.1, -0.05) is 0 Å². The second kappa shape index (κ2) is 21.4. The molecule has 1 fully saturated rings. The molecule has 9 heteroatoms. The third-order valence-corrected chi connectivity index (χ3v) is 4.05. The summed E-state index contributed by atoms with van der Waals surface area (Å²) < 4.78 is 37.5. The number of methoxy groups -OCH3 is 1. The summed E-state index contributed by atoms with van der Waals surface area (Å²) in [7, 11) is 1.65. The van der Waals surface area contributed by atoms with Crippen molar-refractivity contribution < 1.29 is 33.2 Å². The van der Waals surface area contributed by atoms with Crippen molar-refractivity contribution in [3.8, 4) is 0 Å². The predicted molar refractivity (Wildman–Crippen MR) is 106 cm³/mol. The van der Waals surface area contributed by atoms with E-state index in [9.17, 15) is 0 Å². The maximum Gasteiger partial charge on any atom is 0.0701 e. The fourth-order valence-corrected chi connectivity index (χ4v) is 2.47. The fraction of sp³-hybridized carbons (Fsp3) is 1.00. The Morgan fingerprint density at radius 1 is 0.536 bits per heavy atom. The first-order chi connectivity index (χ1) is 13.9. The molecule has 9 nitrogen and oxygen atoms in total. The SMILES string of the molecule is COCCOCCOCCOCCOCCOCCOCCN1CCNCC1. The molecule has 0 unspecified atom stereocenters. The van der Waals surface area contributed by atoms with Gasteiger partial charge in [0.05, 0.1) is 85.9 Å². The number of hydrogen-bond donors (Lipinski definition) is 1. The van der Waals surface area contributed by atoms with Crippen LogP contribution in [0.1, 0.15) is 0 Å². The van der Waals surface area contributed by atoms with Gasteiger partial charge in [0.1, 0.15) is 0 Å². The van der Waals surface area contributed by atoms with Gasteiger partial charge in [0.25, 0.3) is 0 Å². The average molecular weight is 409 g/mol. The van der Waals surface area contributed by atoms with E-state index in [-0.39, 0.29) is 0 Å². The van der Waals surface area contributed by atoms with Gasteiger partial charge in [0, 0.05) is 39.8 Å². The second-order valence-electron chi connectivity index (χ2n) is 6.26. The van der Waals surface area contributed by atoms with Gasteiger partial charge in [0.2, 0.25) is 0 Å². The highest BCUT2D eigenvalue weighted by molar-refractivity contribution is 4.66. The first kappa shape index (κ1) is 25.7. The summed E-state index contributed by atoms with van der Waals surface area (Å²) in [4.78, 5) is 2.41. The van der Waals surface area contributed by atoms with E-state index < -0.39 is 0 Å². The van der Waals surface area contributed by atoms with E-state index in [1.807, 2.05) is 0 Å². The molecule has 0 saturated carbocycles. The maximum atomic E-state index is 5.59. The fourth-order valence-electron chi connectivity index (χ4n) is 2.47. The first-order valence-electron chi connectivity index (χ1n) is 10.3. The molecule has 0 amide bonds. The minimum absolute atomic E-state index is 0.558. The molecule has 28 heavy (non-hydrogen) atoms. The van der Waals surface area contributed by atoms with E-state index in [1.165, 1.54) is 0 Å². The van der Waals surface area contributed by atoms with E-state index in [0.717, 1.165) is 39.3 Å². The van der Waals surface area contributed by atoms with Crippen molar-refractivity contribution in [3.63, 3.8) is 0 Å². The van der Waals surface area contributed by atoms with Gasteiger partial charge < -0.3 is 38.5 Å². The standard InChI is InChI=1S/C19H40N2O7/c1-22-8-9-24-12-13-26-16-17-28-19-18-27-15-14-25-11-10-23-7-6-21-4-2-20-3-5-21/h20H,2-19H2,1H3. The second-order valence-corrected chi connectivity index (χ2v) is 6.26. The summed E-state index contributed by atoms with van der Waals surface area (Å²) in [6.07, 6.45) is 0. The summed E-state index contributed by atoms with van der Waals surface area (Å²) in [5, 5.41) is 3.34. The molecule has 0 aliphatic carbocycles. The zero-order valence-corrected chi connectivity index (χ0v) is 17.5. The van der Waals surface area contributed by atoms with Crippen LogP contribution in [0.4, 0.5) is 0 Å². The molecule has 1 saturated heterocycles. The number of hydrogen-bond acceptors (Lipinski definition) is 9. The van der Waals surface area contributed by atoms with Crippen molar-refractivity contribution in [1.29, 1.82) is 0 Å².